The third-order valence-corrected chi connectivity index (χ3v) is 6.55. The first-order chi connectivity index (χ1) is 15.8. The normalized spacial score (nSPS) is 17.2. The van der Waals surface area contributed by atoms with Crippen LogP contribution in [0.2, 0.25) is 0 Å². The minimum atomic E-state index is 0.0890. The van der Waals surface area contributed by atoms with Crippen LogP contribution in [0.15, 0.2) is 30.6 Å². The number of aryl methyl sites for hydroxylation is 3. The topological polar surface area (TPSA) is 62.5 Å². The molecule has 4 rings (SSSR count). The minimum absolute atomic E-state index is 0.0890. The Morgan fingerprint density at radius 2 is 2.00 bits per heavy atom. The summed E-state index contributed by atoms with van der Waals surface area (Å²) in [7, 11) is 0. The molecular weight excluding hydrogens is 410 g/mol. The molecular formula is C27H35N5O. The molecule has 6 heteroatoms. The first-order valence-electron chi connectivity index (χ1n) is 11.9. The van der Waals surface area contributed by atoms with Crippen LogP contribution in [0.5, 0.6) is 0 Å². The van der Waals surface area contributed by atoms with E-state index in [4.69, 9.17) is 4.98 Å². The zero-order chi connectivity index (χ0) is 23.7. The number of carbonyl (C=O) groups excluding carboxylic acids is 1. The first-order valence-corrected chi connectivity index (χ1v) is 11.9. The van der Waals surface area contributed by atoms with Crippen molar-refractivity contribution in [2.75, 3.05) is 24.5 Å². The molecule has 3 heterocycles. The van der Waals surface area contributed by atoms with E-state index in [9.17, 15) is 4.79 Å². The van der Waals surface area contributed by atoms with Crippen LogP contribution in [0.3, 0.4) is 0 Å². The van der Waals surface area contributed by atoms with Gasteiger partial charge in [0.25, 0.3) is 0 Å². The molecule has 3 aromatic rings. The maximum Gasteiger partial charge on any atom is 0.164 e. The Bertz CT molecular complexity index is 1210. The number of hydrogen-bond donors (Lipinski definition) is 1. The molecule has 1 aliphatic heterocycles. The molecule has 1 aromatic carbocycles. The summed E-state index contributed by atoms with van der Waals surface area (Å²) in [6, 6.07) is 7.05. The average Bonchev–Trinajstić information content (AvgIpc) is 3.21. The van der Waals surface area contributed by atoms with Crippen molar-refractivity contribution in [1.82, 2.24) is 19.7 Å². The highest BCUT2D eigenvalue weighted by Crippen LogP contribution is 2.26. The van der Waals surface area contributed by atoms with Gasteiger partial charge in [-0.25, -0.2) is 4.98 Å². The van der Waals surface area contributed by atoms with Gasteiger partial charge < -0.3 is 14.6 Å². The third kappa shape index (κ3) is 4.86. The van der Waals surface area contributed by atoms with Crippen molar-refractivity contribution in [3.8, 4) is 0 Å². The van der Waals surface area contributed by atoms with Gasteiger partial charge in [0.2, 0.25) is 0 Å². The number of fused-ring (bicyclic) bond motifs is 1. The number of carbonyl (C=O) groups is 1. The maximum absolute atomic E-state index is 12.9. The van der Waals surface area contributed by atoms with Gasteiger partial charge in [-0.2, -0.15) is 0 Å². The second-order valence-electron chi connectivity index (χ2n) is 9.45. The van der Waals surface area contributed by atoms with Crippen molar-refractivity contribution in [2.45, 2.75) is 54.0 Å². The molecule has 1 saturated heterocycles. The fourth-order valence-corrected chi connectivity index (χ4v) is 4.56. The minimum Gasteiger partial charge on any atom is -0.369 e. The van der Waals surface area contributed by atoms with Gasteiger partial charge in [0.05, 0.1) is 17.1 Å². The van der Waals surface area contributed by atoms with E-state index < -0.39 is 0 Å². The molecule has 33 heavy (non-hydrogen) atoms. The number of Topliss-reactive ketones (excluding diaryl/α,β-unsaturated/α-hetero) is 1. The summed E-state index contributed by atoms with van der Waals surface area (Å²) in [5.74, 6) is 0.692. The number of benzene rings is 1. The molecule has 6 nitrogen and oxygen atoms in total. The van der Waals surface area contributed by atoms with Gasteiger partial charge in [-0.15, -0.1) is 0 Å². The van der Waals surface area contributed by atoms with Gasteiger partial charge in [0.1, 0.15) is 0 Å². The molecule has 1 fully saturated rings. The number of imidazole rings is 1. The van der Waals surface area contributed by atoms with E-state index in [1.165, 1.54) is 5.69 Å². The van der Waals surface area contributed by atoms with Crippen molar-refractivity contribution < 1.29 is 4.79 Å². The SMILES string of the molecule is CCC(=O)/C(=C\c1ccc(N2CCN[C@@H](C(C)C)C2)cc1C)c1cn2cc(C)nc(C)c2n1. The Balaban J connectivity index is 1.69. The van der Waals surface area contributed by atoms with Gasteiger partial charge in [0.15, 0.2) is 11.4 Å². The first kappa shape index (κ1) is 23.2. The van der Waals surface area contributed by atoms with Gasteiger partial charge in [-0.3, -0.25) is 9.78 Å². The van der Waals surface area contributed by atoms with E-state index in [0.717, 1.165) is 47.8 Å². The molecule has 0 aliphatic carbocycles. The zero-order valence-corrected chi connectivity index (χ0v) is 20.6. The van der Waals surface area contributed by atoms with Crippen LogP contribution in [0, 0.1) is 26.7 Å². The second-order valence-corrected chi connectivity index (χ2v) is 9.45. The molecule has 0 radical (unpaired) electrons. The number of hydrogen-bond acceptors (Lipinski definition) is 5. The molecule has 0 spiro atoms. The molecule has 174 valence electrons. The highest BCUT2D eigenvalue weighted by atomic mass is 16.1. The van der Waals surface area contributed by atoms with Crippen LogP contribution in [0.4, 0.5) is 5.69 Å². The average molecular weight is 446 g/mol. The van der Waals surface area contributed by atoms with Crippen molar-refractivity contribution in [2.24, 2.45) is 5.92 Å². The fraction of sp³-hybridized carbons (Fsp3) is 0.444. The summed E-state index contributed by atoms with van der Waals surface area (Å²) < 4.78 is 1.97. The number of ketones is 1. The van der Waals surface area contributed by atoms with E-state index in [1.54, 1.807) is 0 Å². The van der Waals surface area contributed by atoms with E-state index in [0.29, 0.717) is 29.6 Å². The fourth-order valence-electron chi connectivity index (χ4n) is 4.56. The smallest absolute Gasteiger partial charge is 0.164 e. The molecule has 0 saturated carbocycles. The van der Waals surface area contributed by atoms with Crippen LogP contribution < -0.4 is 10.2 Å². The number of nitrogens with one attached hydrogen (secondary N) is 1. The maximum atomic E-state index is 12.9. The zero-order valence-electron chi connectivity index (χ0n) is 20.6. The van der Waals surface area contributed by atoms with Crippen LogP contribution in [0.25, 0.3) is 17.3 Å². The summed E-state index contributed by atoms with van der Waals surface area (Å²) in [5.41, 5.74) is 7.37. The Kier molecular flexibility index (Phi) is 6.66. The number of nitrogens with zero attached hydrogens (tertiary/aromatic N) is 4. The number of anilines is 1. The third-order valence-electron chi connectivity index (χ3n) is 6.55. The lowest BCUT2D eigenvalue weighted by Gasteiger charge is -2.37. The van der Waals surface area contributed by atoms with Gasteiger partial charge >= 0.3 is 0 Å². The Morgan fingerprint density at radius 1 is 1.21 bits per heavy atom. The van der Waals surface area contributed by atoms with Crippen LogP contribution in [-0.2, 0) is 4.79 Å². The summed E-state index contributed by atoms with van der Waals surface area (Å²) >= 11 is 0. The summed E-state index contributed by atoms with van der Waals surface area (Å²) in [6.07, 6.45) is 6.32. The molecule has 1 atom stereocenters. The van der Waals surface area contributed by atoms with Crippen molar-refractivity contribution >= 4 is 28.8 Å². The molecule has 1 aliphatic rings. The van der Waals surface area contributed by atoms with Crippen molar-refractivity contribution in [1.29, 1.82) is 0 Å². The number of allylic oxidation sites excluding steroid dienone is 1. The molecule has 2 aromatic heterocycles. The van der Waals surface area contributed by atoms with E-state index in [-0.39, 0.29) is 5.78 Å². The van der Waals surface area contributed by atoms with Gasteiger partial charge in [0, 0.05) is 55.8 Å². The molecule has 0 bridgehead atoms. The van der Waals surface area contributed by atoms with Crippen molar-refractivity contribution in [3.63, 3.8) is 0 Å². The lowest BCUT2D eigenvalue weighted by atomic mass is 9.98. The van der Waals surface area contributed by atoms with Crippen LogP contribution >= 0.6 is 0 Å². The standard InChI is InChI=1S/C27H35N5O/c1-7-26(33)23(25-16-32-14-19(5)29-20(6)27(32)30-25)13-21-8-9-22(12-18(21)4)31-11-10-28-24(15-31)17(2)3/h8-9,12-14,16-17,24,28H,7,10-11,15H2,1-6H3/b23-13-/t24-/m1/s1. The molecule has 1 N–H and O–H groups in total. The monoisotopic (exact) mass is 445 g/mol. The van der Waals surface area contributed by atoms with Gasteiger partial charge in [-0.1, -0.05) is 26.8 Å². The molecule has 0 amide bonds. The lowest BCUT2D eigenvalue weighted by molar-refractivity contribution is -0.113. The predicted octanol–water partition coefficient (Wildman–Crippen LogP) is 4.61. The second kappa shape index (κ2) is 9.48. The highest BCUT2D eigenvalue weighted by molar-refractivity contribution is 6.24. The summed E-state index contributed by atoms with van der Waals surface area (Å²) in [4.78, 5) is 24.7. The quantitative estimate of drug-likeness (QED) is 0.562. The number of aromatic nitrogens is 3. The van der Waals surface area contributed by atoms with Gasteiger partial charge in [-0.05, 0) is 56.0 Å². The van der Waals surface area contributed by atoms with Crippen LogP contribution in [0.1, 0.15) is 55.4 Å². The van der Waals surface area contributed by atoms with Crippen LogP contribution in [-0.4, -0.2) is 45.8 Å². The largest absolute Gasteiger partial charge is 0.369 e. The number of rotatable bonds is 6. The Hall–Kier alpha value is -2.99. The number of piperazine rings is 1. The molecule has 0 unspecified atom stereocenters. The lowest BCUT2D eigenvalue weighted by Crippen LogP contribution is -2.53. The summed E-state index contributed by atoms with van der Waals surface area (Å²) in [5, 5.41) is 3.62. The van der Waals surface area contributed by atoms with E-state index in [2.05, 4.69) is 54.2 Å². The van der Waals surface area contributed by atoms with E-state index in [1.807, 2.05) is 43.6 Å². The van der Waals surface area contributed by atoms with Crippen molar-refractivity contribution in [3.05, 3.63) is 58.8 Å². The predicted molar refractivity (Wildman–Crippen MR) is 136 cm³/mol. The highest BCUT2D eigenvalue weighted by Gasteiger charge is 2.22. The Morgan fingerprint density at radius 3 is 2.70 bits per heavy atom. The Labute approximate surface area is 196 Å². The summed E-state index contributed by atoms with van der Waals surface area (Å²) in [6.45, 7) is 15.5. The van der Waals surface area contributed by atoms with E-state index >= 15 is 0 Å².